The maximum atomic E-state index is 12.8. The molecule has 8 heteroatoms. The number of carbonyl (C=O) groups is 2. The molecule has 2 aromatic heterocycles. The molecule has 5 nitrogen and oxygen atoms in total. The maximum Gasteiger partial charge on any atom is 0.339 e. The van der Waals surface area contributed by atoms with Crippen LogP contribution in [0.2, 0.25) is 10.0 Å². The van der Waals surface area contributed by atoms with E-state index < -0.39 is 18.5 Å². The third-order valence-corrected chi connectivity index (χ3v) is 5.69. The fourth-order valence-corrected chi connectivity index (χ4v) is 4.02. The summed E-state index contributed by atoms with van der Waals surface area (Å²) in [4.78, 5) is 30.6. The third-order valence-electron chi connectivity index (χ3n) is 4.25. The number of hydrogen-bond donors (Lipinski definition) is 1. The Morgan fingerprint density at radius 2 is 1.87 bits per heavy atom. The number of pyridine rings is 1. The quantitative estimate of drug-likeness (QED) is 0.370. The molecule has 0 atom stereocenters. The van der Waals surface area contributed by atoms with E-state index in [1.807, 2.05) is 35.7 Å². The van der Waals surface area contributed by atoms with Gasteiger partial charge >= 0.3 is 5.97 Å². The number of halogens is 2. The summed E-state index contributed by atoms with van der Waals surface area (Å²) in [6.45, 7) is -0.456. The van der Waals surface area contributed by atoms with Gasteiger partial charge in [-0.3, -0.25) is 4.79 Å². The Hall–Kier alpha value is -2.93. The number of nitrogens with zero attached hydrogens (tertiary/aromatic N) is 1. The fourth-order valence-electron chi connectivity index (χ4n) is 2.88. The van der Waals surface area contributed by atoms with Crippen molar-refractivity contribution in [1.82, 2.24) is 4.98 Å². The molecule has 0 aliphatic rings. The lowest BCUT2D eigenvalue weighted by Gasteiger charge is -2.10. The highest BCUT2D eigenvalue weighted by molar-refractivity contribution is 7.13. The molecule has 2 heterocycles. The van der Waals surface area contributed by atoms with Crippen LogP contribution in [0.15, 0.2) is 66.0 Å². The van der Waals surface area contributed by atoms with E-state index in [4.69, 9.17) is 27.9 Å². The van der Waals surface area contributed by atoms with E-state index in [2.05, 4.69) is 10.3 Å². The number of fused-ring (bicyclic) bond motifs is 1. The van der Waals surface area contributed by atoms with Gasteiger partial charge in [-0.15, -0.1) is 11.3 Å². The number of nitrogens with one attached hydrogen (secondary N) is 1. The summed E-state index contributed by atoms with van der Waals surface area (Å²) in [5.41, 5.74) is 2.08. The van der Waals surface area contributed by atoms with Crippen molar-refractivity contribution in [2.24, 2.45) is 0 Å². The summed E-state index contributed by atoms with van der Waals surface area (Å²) >= 11 is 13.4. The van der Waals surface area contributed by atoms with Crippen LogP contribution in [-0.4, -0.2) is 23.5 Å². The van der Waals surface area contributed by atoms with Crippen LogP contribution in [0.5, 0.6) is 0 Å². The average Bonchev–Trinajstić information content (AvgIpc) is 3.28. The van der Waals surface area contributed by atoms with E-state index in [0.717, 1.165) is 4.88 Å². The Kier molecular flexibility index (Phi) is 5.99. The largest absolute Gasteiger partial charge is 0.452 e. The second kappa shape index (κ2) is 8.83. The van der Waals surface area contributed by atoms with Gasteiger partial charge in [-0.05, 0) is 41.8 Å². The zero-order valence-corrected chi connectivity index (χ0v) is 17.7. The first kappa shape index (κ1) is 20.3. The van der Waals surface area contributed by atoms with Crippen LogP contribution >= 0.6 is 34.5 Å². The highest BCUT2D eigenvalue weighted by Gasteiger charge is 2.17. The van der Waals surface area contributed by atoms with Gasteiger partial charge in [-0.1, -0.05) is 47.5 Å². The minimum Gasteiger partial charge on any atom is -0.452 e. The summed E-state index contributed by atoms with van der Waals surface area (Å²) in [6.07, 6.45) is 0. The van der Waals surface area contributed by atoms with Crippen molar-refractivity contribution in [3.63, 3.8) is 0 Å². The van der Waals surface area contributed by atoms with Crippen molar-refractivity contribution in [3.05, 3.63) is 81.7 Å². The number of para-hydroxylation sites is 1. The summed E-state index contributed by atoms with van der Waals surface area (Å²) in [5, 5.41) is 5.94. The number of amides is 1. The standard InChI is InChI=1S/C22H14Cl2N2O3S/c23-13-7-8-18(16(24)10-13)26-21(27)12-29-22(28)15-11-19(20-6-3-9-30-20)25-17-5-2-1-4-14(15)17/h1-11H,12H2,(H,26,27). The molecular formula is C22H14Cl2N2O3S. The molecule has 0 aliphatic carbocycles. The Balaban J connectivity index is 1.53. The highest BCUT2D eigenvalue weighted by atomic mass is 35.5. The molecule has 0 saturated carbocycles. The van der Waals surface area contributed by atoms with Crippen LogP contribution in [0.25, 0.3) is 21.5 Å². The van der Waals surface area contributed by atoms with Gasteiger partial charge in [0, 0.05) is 10.4 Å². The van der Waals surface area contributed by atoms with Crippen LogP contribution < -0.4 is 5.32 Å². The molecule has 1 amide bonds. The van der Waals surface area contributed by atoms with Gasteiger partial charge in [0.2, 0.25) is 0 Å². The molecule has 0 saturated heterocycles. The normalized spacial score (nSPS) is 10.7. The molecule has 0 spiro atoms. The van der Waals surface area contributed by atoms with Crippen LogP contribution in [0.3, 0.4) is 0 Å². The minimum absolute atomic E-state index is 0.294. The van der Waals surface area contributed by atoms with Crippen molar-refractivity contribution < 1.29 is 14.3 Å². The molecule has 0 fully saturated rings. The SMILES string of the molecule is O=C(COC(=O)c1cc(-c2cccs2)nc2ccccc12)Nc1ccc(Cl)cc1Cl. The molecule has 1 N–H and O–H groups in total. The summed E-state index contributed by atoms with van der Waals surface area (Å²) in [6, 6.07) is 17.5. The molecule has 4 aromatic rings. The summed E-state index contributed by atoms with van der Waals surface area (Å²) in [7, 11) is 0. The number of aromatic nitrogens is 1. The van der Waals surface area contributed by atoms with E-state index in [1.54, 1.807) is 24.3 Å². The topological polar surface area (TPSA) is 68.3 Å². The van der Waals surface area contributed by atoms with Crippen LogP contribution in [0.1, 0.15) is 10.4 Å². The number of anilines is 1. The van der Waals surface area contributed by atoms with Crippen molar-refractivity contribution in [3.8, 4) is 10.6 Å². The maximum absolute atomic E-state index is 12.8. The van der Waals surface area contributed by atoms with Crippen LogP contribution in [0, 0.1) is 0 Å². The highest BCUT2D eigenvalue weighted by Crippen LogP contribution is 2.28. The lowest BCUT2D eigenvalue weighted by atomic mass is 10.1. The lowest BCUT2D eigenvalue weighted by Crippen LogP contribution is -2.21. The van der Waals surface area contributed by atoms with Crippen molar-refractivity contribution in [2.45, 2.75) is 0 Å². The van der Waals surface area contributed by atoms with Crippen LogP contribution in [0.4, 0.5) is 5.69 Å². The summed E-state index contributed by atoms with van der Waals surface area (Å²) < 4.78 is 5.26. The number of hydrogen-bond acceptors (Lipinski definition) is 5. The fraction of sp³-hybridized carbons (Fsp3) is 0.0455. The van der Waals surface area contributed by atoms with E-state index in [-0.39, 0.29) is 0 Å². The number of rotatable bonds is 5. The zero-order valence-electron chi connectivity index (χ0n) is 15.4. The predicted molar refractivity (Wildman–Crippen MR) is 120 cm³/mol. The smallest absolute Gasteiger partial charge is 0.339 e. The van der Waals surface area contributed by atoms with Crippen molar-refractivity contribution >= 4 is 63.0 Å². The molecule has 0 radical (unpaired) electrons. The predicted octanol–water partition coefficient (Wildman–Crippen LogP) is 6.07. The van der Waals surface area contributed by atoms with E-state index in [1.165, 1.54) is 17.4 Å². The van der Waals surface area contributed by atoms with E-state index >= 15 is 0 Å². The minimum atomic E-state index is -0.608. The zero-order chi connectivity index (χ0) is 21.1. The number of carbonyl (C=O) groups excluding carboxylic acids is 2. The second-order valence-electron chi connectivity index (χ2n) is 6.30. The first-order valence-electron chi connectivity index (χ1n) is 8.87. The van der Waals surface area contributed by atoms with Crippen molar-refractivity contribution in [1.29, 1.82) is 0 Å². The molecule has 0 unspecified atom stereocenters. The first-order valence-corrected chi connectivity index (χ1v) is 10.5. The number of thiophene rings is 1. The Labute approximate surface area is 186 Å². The number of ether oxygens (including phenoxy) is 1. The average molecular weight is 457 g/mol. The molecule has 2 aromatic carbocycles. The Bertz CT molecular complexity index is 1240. The van der Waals surface area contributed by atoms with Crippen LogP contribution in [-0.2, 0) is 9.53 Å². The van der Waals surface area contributed by atoms with Crippen molar-refractivity contribution in [2.75, 3.05) is 11.9 Å². The number of benzene rings is 2. The Morgan fingerprint density at radius 1 is 1.03 bits per heavy atom. The molecule has 0 aliphatic heterocycles. The molecule has 4 rings (SSSR count). The Morgan fingerprint density at radius 3 is 2.63 bits per heavy atom. The molecular weight excluding hydrogens is 443 g/mol. The molecule has 30 heavy (non-hydrogen) atoms. The van der Waals surface area contributed by atoms with Gasteiger partial charge in [0.25, 0.3) is 5.91 Å². The first-order chi connectivity index (χ1) is 14.5. The van der Waals surface area contributed by atoms with Gasteiger partial charge in [-0.25, -0.2) is 9.78 Å². The van der Waals surface area contributed by atoms with E-state index in [9.17, 15) is 9.59 Å². The second-order valence-corrected chi connectivity index (χ2v) is 8.09. The van der Waals surface area contributed by atoms with Gasteiger partial charge in [0.15, 0.2) is 6.61 Å². The monoisotopic (exact) mass is 456 g/mol. The van der Waals surface area contributed by atoms with Gasteiger partial charge in [0.1, 0.15) is 0 Å². The third kappa shape index (κ3) is 4.46. The lowest BCUT2D eigenvalue weighted by molar-refractivity contribution is -0.119. The molecule has 0 bridgehead atoms. The van der Waals surface area contributed by atoms with Gasteiger partial charge in [0.05, 0.1) is 32.4 Å². The summed E-state index contributed by atoms with van der Waals surface area (Å²) in [5.74, 6) is -1.12. The van der Waals surface area contributed by atoms with Gasteiger partial charge in [-0.2, -0.15) is 0 Å². The number of esters is 1. The molecule has 150 valence electrons. The van der Waals surface area contributed by atoms with E-state index in [0.29, 0.717) is 37.9 Å². The van der Waals surface area contributed by atoms with Gasteiger partial charge < -0.3 is 10.1 Å².